The van der Waals surface area contributed by atoms with Crippen LogP contribution in [0.25, 0.3) is 0 Å². The Hall–Kier alpha value is -4.06. The van der Waals surface area contributed by atoms with Crippen LogP contribution >= 0.6 is 11.6 Å². The molecular formula is C39H44ClN3O7S. The molecule has 2 bridgehead atoms. The zero-order valence-electron chi connectivity index (χ0n) is 28.6. The van der Waals surface area contributed by atoms with E-state index in [0.29, 0.717) is 48.3 Å². The molecule has 2 amide bonds. The number of benzene rings is 3. The van der Waals surface area contributed by atoms with Crippen molar-refractivity contribution in [1.29, 1.82) is 0 Å². The van der Waals surface area contributed by atoms with Crippen LogP contribution in [0.5, 0.6) is 11.5 Å². The minimum absolute atomic E-state index is 0.0369. The lowest BCUT2D eigenvalue weighted by atomic mass is 9.68. The molecule has 4 aliphatic rings. The number of carbonyl (C=O) groups is 2. The van der Waals surface area contributed by atoms with Gasteiger partial charge in [0, 0.05) is 47.3 Å². The number of aliphatic hydroxyl groups excluding tert-OH is 1. The number of nitrogens with one attached hydrogen (secondary N) is 2. The van der Waals surface area contributed by atoms with Crippen LogP contribution in [0.15, 0.2) is 72.8 Å². The van der Waals surface area contributed by atoms with E-state index in [0.717, 1.165) is 37.8 Å². The Labute approximate surface area is 304 Å². The number of allylic oxidation sites excluding steroid dienone is 1. The summed E-state index contributed by atoms with van der Waals surface area (Å²) in [4.78, 5) is 29.2. The van der Waals surface area contributed by atoms with Crippen molar-refractivity contribution in [1.82, 2.24) is 4.72 Å². The molecule has 1 spiro atoms. The fourth-order valence-electron chi connectivity index (χ4n) is 8.23. The van der Waals surface area contributed by atoms with Crippen molar-refractivity contribution >= 4 is 44.8 Å². The van der Waals surface area contributed by atoms with E-state index < -0.39 is 33.2 Å². The normalized spacial score (nSPS) is 27.7. The number of rotatable bonds is 4. The van der Waals surface area contributed by atoms with Crippen molar-refractivity contribution in [3.05, 3.63) is 94.5 Å². The van der Waals surface area contributed by atoms with Crippen molar-refractivity contribution in [2.45, 2.75) is 68.1 Å². The summed E-state index contributed by atoms with van der Waals surface area (Å²) in [5.41, 5.74) is 3.48. The van der Waals surface area contributed by atoms with Gasteiger partial charge in [0.1, 0.15) is 11.5 Å². The molecule has 0 unspecified atom stereocenters. The van der Waals surface area contributed by atoms with Gasteiger partial charge in [0.15, 0.2) is 0 Å². The van der Waals surface area contributed by atoms with Gasteiger partial charge < -0.3 is 24.8 Å². The number of hydrogen-bond donors (Lipinski definition) is 3. The third-order valence-electron chi connectivity index (χ3n) is 11.1. The molecule has 0 radical (unpaired) electrons. The number of aliphatic hydroxyl groups is 1. The second-order valence-electron chi connectivity index (χ2n) is 14.4. The summed E-state index contributed by atoms with van der Waals surface area (Å²) in [5, 5.41) is 13.5. The van der Waals surface area contributed by atoms with Crippen molar-refractivity contribution < 1.29 is 32.6 Å². The fourth-order valence-corrected chi connectivity index (χ4v) is 9.78. The van der Waals surface area contributed by atoms with Crippen molar-refractivity contribution in [3.63, 3.8) is 0 Å². The summed E-state index contributed by atoms with van der Waals surface area (Å²) in [7, 11) is -2.79. The minimum atomic E-state index is -4.31. The molecule has 51 heavy (non-hydrogen) atoms. The van der Waals surface area contributed by atoms with Crippen LogP contribution in [-0.2, 0) is 26.7 Å². The number of ether oxygens (including phenoxy) is 2. The van der Waals surface area contributed by atoms with Crippen LogP contribution in [-0.4, -0.2) is 63.5 Å². The minimum Gasteiger partial charge on any atom is -0.497 e. The van der Waals surface area contributed by atoms with Gasteiger partial charge in [0.2, 0.25) is 15.9 Å². The number of amides is 2. The molecule has 3 aromatic carbocycles. The van der Waals surface area contributed by atoms with E-state index in [1.165, 1.54) is 18.2 Å². The Morgan fingerprint density at radius 1 is 1.14 bits per heavy atom. The zero-order chi connectivity index (χ0) is 35.8. The number of nitrogens with zero attached hydrogens (tertiary/aromatic N) is 1. The highest BCUT2D eigenvalue weighted by Gasteiger charge is 2.44. The highest BCUT2D eigenvalue weighted by Crippen LogP contribution is 2.46. The summed E-state index contributed by atoms with van der Waals surface area (Å²) >= 11 is 6.41. The Morgan fingerprint density at radius 3 is 2.80 bits per heavy atom. The molecule has 2 heterocycles. The van der Waals surface area contributed by atoms with Gasteiger partial charge in [-0.25, -0.2) is 13.1 Å². The van der Waals surface area contributed by atoms with Gasteiger partial charge in [0.25, 0.3) is 5.91 Å². The van der Waals surface area contributed by atoms with E-state index in [9.17, 15) is 23.1 Å². The van der Waals surface area contributed by atoms with Crippen LogP contribution in [0.3, 0.4) is 0 Å². The summed E-state index contributed by atoms with van der Waals surface area (Å²) in [6.45, 7) is 1.74. The third-order valence-corrected chi connectivity index (χ3v) is 13.1. The number of anilines is 2. The van der Waals surface area contributed by atoms with Crippen molar-refractivity contribution in [2.75, 3.05) is 37.0 Å². The van der Waals surface area contributed by atoms with E-state index in [-0.39, 0.29) is 35.7 Å². The van der Waals surface area contributed by atoms with Gasteiger partial charge >= 0.3 is 0 Å². The Morgan fingerprint density at radius 2 is 2.00 bits per heavy atom. The first-order valence-corrected chi connectivity index (χ1v) is 19.6. The molecule has 10 nitrogen and oxygen atoms in total. The van der Waals surface area contributed by atoms with Crippen molar-refractivity contribution in [2.24, 2.45) is 11.8 Å². The summed E-state index contributed by atoms with van der Waals surface area (Å²) < 4.78 is 41.7. The molecule has 2 aliphatic heterocycles. The van der Waals surface area contributed by atoms with E-state index in [4.69, 9.17) is 21.1 Å². The topological polar surface area (TPSA) is 134 Å². The highest BCUT2D eigenvalue weighted by atomic mass is 35.5. The molecule has 1 fully saturated rings. The predicted octanol–water partition coefficient (Wildman–Crippen LogP) is 6.02. The molecule has 0 saturated heterocycles. The zero-order valence-corrected chi connectivity index (χ0v) is 30.2. The largest absolute Gasteiger partial charge is 0.497 e. The number of fused-ring (bicyclic) bond motifs is 4. The maximum atomic E-state index is 13.8. The van der Waals surface area contributed by atoms with Crippen LogP contribution in [0.4, 0.5) is 11.4 Å². The molecule has 0 aromatic heterocycles. The molecule has 2 aliphatic carbocycles. The third kappa shape index (κ3) is 7.47. The smallest absolute Gasteiger partial charge is 0.264 e. The monoisotopic (exact) mass is 733 g/mol. The van der Waals surface area contributed by atoms with Crippen LogP contribution in [0.2, 0.25) is 5.02 Å². The summed E-state index contributed by atoms with van der Waals surface area (Å²) in [5.74, 6) is 0.127. The van der Waals surface area contributed by atoms with Crippen LogP contribution < -0.4 is 24.4 Å². The predicted molar refractivity (Wildman–Crippen MR) is 197 cm³/mol. The molecule has 5 atom stereocenters. The van der Waals surface area contributed by atoms with Gasteiger partial charge in [-0.2, -0.15) is 0 Å². The standard InChI is InChI=1S/C39H44ClN3O7S/c1-49-30-8-4-7-29(20-30)41-37(45)21-31-9-2-3-10-35(44)32-14-11-27(32)22-43-23-39(17-5-6-25-18-28(40)13-15-33(25)39)24-50-36-16-12-26(19-34(36)43)38(46)42-51(31,47)48/h3-4,7-8,10,12-13,15-16,18-20,27,31-32,35,44H,2,5-6,9,11,14,17,21-24H2,1H3,(H,41,45)(H,42,46)/b10-3+/t27-,31+,32+,35-,39-/m0/s1. The second-order valence-corrected chi connectivity index (χ2v) is 16.8. The maximum absolute atomic E-state index is 13.8. The first kappa shape index (κ1) is 35.3. The van der Waals surface area contributed by atoms with Gasteiger partial charge in [-0.05, 0) is 110 Å². The fraction of sp³-hybridized carbons (Fsp3) is 0.436. The Balaban J connectivity index is 1.20. The highest BCUT2D eigenvalue weighted by molar-refractivity contribution is 7.90. The van der Waals surface area contributed by atoms with Gasteiger partial charge in [-0.1, -0.05) is 35.9 Å². The summed E-state index contributed by atoms with van der Waals surface area (Å²) in [6.07, 6.45) is 7.54. The molecule has 270 valence electrons. The van der Waals surface area contributed by atoms with Crippen LogP contribution in [0, 0.1) is 11.8 Å². The molecule has 3 N–H and O–H groups in total. The lowest BCUT2D eigenvalue weighted by Crippen LogP contribution is -2.49. The van der Waals surface area contributed by atoms with E-state index in [1.54, 1.807) is 54.6 Å². The lowest BCUT2D eigenvalue weighted by molar-refractivity contribution is -0.116. The summed E-state index contributed by atoms with van der Waals surface area (Å²) in [6, 6.07) is 17.9. The first-order valence-electron chi connectivity index (χ1n) is 17.7. The number of halogens is 1. The quantitative estimate of drug-likeness (QED) is 0.278. The molecule has 12 heteroatoms. The maximum Gasteiger partial charge on any atom is 0.264 e. The van der Waals surface area contributed by atoms with Crippen LogP contribution in [0.1, 0.15) is 66.4 Å². The Bertz CT molecular complexity index is 1950. The molecule has 1 saturated carbocycles. The number of sulfonamides is 1. The molecular weight excluding hydrogens is 690 g/mol. The van der Waals surface area contributed by atoms with E-state index in [2.05, 4.69) is 21.0 Å². The molecule has 3 aromatic rings. The lowest BCUT2D eigenvalue weighted by Gasteiger charge is -2.45. The number of aryl methyl sites for hydroxylation is 1. The van der Waals surface area contributed by atoms with E-state index in [1.807, 2.05) is 12.1 Å². The number of carbonyl (C=O) groups excluding carboxylic acids is 2. The number of methoxy groups -OCH3 is 1. The van der Waals surface area contributed by atoms with E-state index >= 15 is 0 Å². The Kier molecular flexibility index (Phi) is 10.1. The van der Waals surface area contributed by atoms with Gasteiger partial charge in [0.05, 0.1) is 30.8 Å². The molecule has 7 rings (SSSR count). The SMILES string of the molecule is COc1cccc(NC(=O)C[C@H]2CC/C=C/[C@H](O)[C@@H]3CC[C@H]3CN3C[C@@]4(CCCc5cc(Cl)ccc54)COc4ccc(cc43)C(=O)NS2(=O)=O)c1. The second kappa shape index (κ2) is 14.5. The van der Waals surface area contributed by atoms with Crippen molar-refractivity contribution in [3.8, 4) is 11.5 Å². The average molecular weight is 734 g/mol. The first-order chi connectivity index (χ1) is 24.5. The van der Waals surface area contributed by atoms with Gasteiger partial charge in [-0.3, -0.25) is 9.59 Å². The number of hydrogen-bond acceptors (Lipinski definition) is 8. The average Bonchev–Trinajstić information content (AvgIpc) is 3.24. The van der Waals surface area contributed by atoms with Gasteiger partial charge in [-0.15, -0.1) is 0 Å².